The molecule has 1 saturated carbocycles. The molecule has 2 N–H and O–H groups in total. The summed E-state index contributed by atoms with van der Waals surface area (Å²) in [6.07, 6.45) is 3.66. The Bertz CT molecular complexity index is 421. The van der Waals surface area contributed by atoms with Crippen molar-refractivity contribution in [3.8, 4) is 0 Å². The van der Waals surface area contributed by atoms with E-state index in [9.17, 15) is 5.11 Å². The molecule has 0 atom stereocenters. The maximum Gasteiger partial charge on any atom is 0.0701 e. The summed E-state index contributed by atoms with van der Waals surface area (Å²) in [5.74, 6) is 0. The summed E-state index contributed by atoms with van der Waals surface area (Å²) in [6.45, 7) is 9.55. The lowest BCUT2D eigenvalue weighted by molar-refractivity contribution is 0.105. The van der Waals surface area contributed by atoms with E-state index in [2.05, 4.69) is 39.1 Å². The number of anilines is 1. The van der Waals surface area contributed by atoms with Gasteiger partial charge < -0.3 is 10.4 Å². The topological polar surface area (TPSA) is 32.3 Å². The number of hydrogen-bond donors (Lipinski definition) is 2. The summed E-state index contributed by atoms with van der Waals surface area (Å²) < 4.78 is 0. The third-order valence-corrected chi connectivity index (χ3v) is 4.10. The highest BCUT2D eigenvalue weighted by Gasteiger charge is 2.38. The number of hydrogen-bond acceptors (Lipinski definition) is 2. The van der Waals surface area contributed by atoms with Crippen LogP contribution in [0.2, 0.25) is 0 Å². The molecule has 0 amide bonds. The van der Waals surface area contributed by atoms with E-state index in [4.69, 9.17) is 0 Å². The minimum absolute atomic E-state index is 0.0999. The smallest absolute Gasteiger partial charge is 0.0701 e. The van der Waals surface area contributed by atoms with Crippen LogP contribution < -0.4 is 5.32 Å². The Balaban J connectivity index is 2.14. The van der Waals surface area contributed by atoms with Crippen LogP contribution in [0.4, 0.5) is 5.69 Å². The Hall–Kier alpha value is -1.02. The number of para-hydroxylation sites is 1. The largest absolute Gasteiger partial charge is 0.392 e. The molecule has 1 aliphatic carbocycles. The highest BCUT2D eigenvalue weighted by atomic mass is 16.3. The van der Waals surface area contributed by atoms with Gasteiger partial charge in [-0.15, -0.1) is 0 Å². The van der Waals surface area contributed by atoms with Crippen molar-refractivity contribution in [3.05, 3.63) is 29.8 Å². The maximum atomic E-state index is 9.41. The molecule has 1 aliphatic rings. The van der Waals surface area contributed by atoms with Crippen molar-refractivity contribution < 1.29 is 5.11 Å². The van der Waals surface area contributed by atoms with Gasteiger partial charge in [-0.2, -0.15) is 0 Å². The molecule has 0 spiro atoms. The third-order valence-electron chi connectivity index (χ3n) is 4.10. The molecule has 0 saturated heterocycles. The van der Waals surface area contributed by atoms with Gasteiger partial charge in [-0.05, 0) is 36.2 Å². The van der Waals surface area contributed by atoms with Crippen molar-refractivity contribution in [3.63, 3.8) is 0 Å². The van der Waals surface area contributed by atoms with Gasteiger partial charge in [0, 0.05) is 17.3 Å². The summed E-state index contributed by atoms with van der Waals surface area (Å²) in [5, 5.41) is 13.1. The highest BCUT2D eigenvalue weighted by molar-refractivity contribution is 5.51. The number of rotatable bonds is 3. The van der Waals surface area contributed by atoms with E-state index in [-0.39, 0.29) is 6.61 Å². The highest BCUT2D eigenvalue weighted by Crippen LogP contribution is 2.46. The van der Waals surface area contributed by atoms with Crippen molar-refractivity contribution in [2.75, 3.05) is 5.32 Å². The summed E-state index contributed by atoms with van der Waals surface area (Å²) in [6, 6.07) is 8.56. The number of nitrogens with one attached hydrogen (secondary N) is 1. The Morgan fingerprint density at radius 2 is 1.68 bits per heavy atom. The van der Waals surface area contributed by atoms with E-state index < -0.39 is 0 Å². The van der Waals surface area contributed by atoms with Gasteiger partial charge in [0.05, 0.1) is 6.61 Å². The van der Waals surface area contributed by atoms with Crippen molar-refractivity contribution in [1.29, 1.82) is 0 Å². The second-order valence-electron chi connectivity index (χ2n) is 7.57. The fourth-order valence-corrected chi connectivity index (χ4v) is 3.97. The standard InChI is InChI=1S/C17H27NO/c1-16(2)9-14(10-17(3,4)12-16)18-15-8-6-5-7-13(15)11-19/h5-8,14,18-19H,9-12H2,1-4H3. The van der Waals surface area contributed by atoms with Gasteiger partial charge in [0.1, 0.15) is 0 Å². The molecule has 2 nitrogen and oxygen atoms in total. The lowest BCUT2D eigenvalue weighted by atomic mass is 9.63. The van der Waals surface area contributed by atoms with E-state index in [1.165, 1.54) is 19.3 Å². The van der Waals surface area contributed by atoms with Crippen LogP contribution in [-0.2, 0) is 6.61 Å². The predicted octanol–water partition coefficient (Wildman–Crippen LogP) is 4.20. The first kappa shape index (κ1) is 14.4. The zero-order valence-electron chi connectivity index (χ0n) is 12.7. The van der Waals surface area contributed by atoms with Gasteiger partial charge >= 0.3 is 0 Å². The molecule has 1 fully saturated rings. The van der Waals surface area contributed by atoms with Gasteiger partial charge in [-0.25, -0.2) is 0 Å². The molecule has 1 aromatic rings. The second kappa shape index (κ2) is 5.16. The monoisotopic (exact) mass is 261 g/mol. The van der Waals surface area contributed by atoms with E-state index in [0.29, 0.717) is 16.9 Å². The molecule has 0 radical (unpaired) electrons. The lowest BCUT2D eigenvalue weighted by Gasteiger charge is -2.45. The van der Waals surface area contributed by atoms with Gasteiger partial charge in [-0.3, -0.25) is 0 Å². The first-order valence-electron chi connectivity index (χ1n) is 7.27. The molecule has 2 heteroatoms. The molecule has 0 aromatic heterocycles. The lowest BCUT2D eigenvalue weighted by Crippen LogP contribution is -2.40. The minimum Gasteiger partial charge on any atom is -0.392 e. The predicted molar refractivity (Wildman–Crippen MR) is 81.2 cm³/mol. The van der Waals surface area contributed by atoms with Gasteiger partial charge in [0.15, 0.2) is 0 Å². The van der Waals surface area contributed by atoms with E-state index in [0.717, 1.165) is 11.3 Å². The fourth-order valence-electron chi connectivity index (χ4n) is 3.97. The average molecular weight is 261 g/mol. The number of aliphatic hydroxyl groups is 1. The Morgan fingerprint density at radius 3 is 2.26 bits per heavy atom. The zero-order valence-corrected chi connectivity index (χ0v) is 12.7. The fraction of sp³-hybridized carbons (Fsp3) is 0.647. The van der Waals surface area contributed by atoms with E-state index in [1.54, 1.807) is 0 Å². The molecular formula is C17H27NO. The Kier molecular flexibility index (Phi) is 3.91. The van der Waals surface area contributed by atoms with E-state index >= 15 is 0 Å². The number of aliphatic hydroxyl groups excluding tert-OH is 1. The van der Waals surface area contributed by atoms with Crippen LogP contribution in [0, 0.1) is 10.8 Å². The molecule has 2 rings (SSSR count). The van der Waals surface area contributed by atoms with Crippen LogP contribution in [0.1, 0.15) is 52.5 Å². The average Bonchev–Trinajstić information content (AvgIpc) is 2.25. The van der Waals surface area contributed by atoms with Crippen molar-refractivity contribution in [2.24, 2.45) is 10.8 Å². The quantitative estimate of drug-likeness (QED) is 0.855. The van der Waals surface area contributed by atoms with Crippen LogP contribution in [0.5, 0.6) is 0 Å². The van der Waals surface area contributed by atoms with Crippen LogP contribution in [0.3, 0.4) is 0 Å². The maximum absolute atomic E-state index is 9.41. The van der Waals surface area contributed by atoms with Crippen molar-refractivity contribution >= 4 is 5.69 Å². The SMILES string of the molecule is CC1(C)CC(Nc2ccccc2CO)CC(C)(C)C1. The third kappa shape index (κ3) is 3.73. The molecule has 0 bridgehead atoms. The van der Waals surface area contributed by atoms with Crippen molar-refractivity contribution in [2.45, 2.75) is 59.6 Å². The normalized spacial score (nSPS) is 22.2. The van der Waals surface area contributed by atoms with Gasteiger partial charge in [0.2, 0.25) is 0 Å². The summed E-state index contributed by atoms with van der Waals surface area (Å²) in [7, 11) is 0. The molecular weight excluding hydrogens is 234 g/mol. The Labute approximate surface area is 117 Å². The zero-order chi connectivity index (χ0) is 14.1. The number of benzene rings is 1. The van der Waals surface area contributed by atoms with Gasteiger partial charge in [0.25, 0.3) is 0 Å². The second-order valence-corrected chi connectivity index (χ2v) is 7.57. The Morgan fingerprint density at radius 1 is 1.11 bits per heavy atom. The molecule has 0 unspecified atom stereocenters. The summed E-state index contributed by atoms with van der Waals surface area (Å²) in [5.41, 5.74) is 2.84. The molecule has 106 valence electrons. The molecule has 0 heterocycles. The van der Waals surface area contributed by atoms with Crippen LogP contribution in [0.25, 0.3) is 0 Å². The van der Waals surface area contributed by atoms with Crippen molar-refractivity contribution in [1.82, 2.24) is 0 Å². The summed E-state index contributed by atoms with van der Waals surface area (Å²) >= 11 is 0. The first-order valence-corrected chi connectivity index (χ1v) is 7.27. The molecule has 1 aromatic carbocycles. The first-order chi connectivity index (χ1) is 8.81. The van der Waals surface area contributed by atoms with Gasteiger partial charge in [-0.1, -0.05) is 45.9 Å². The summed E-state index contributed by atoms with van der Waals surface area (Å²) in [4.78, 5) is 0. The molecule has 19 heavy (non-hydrogen) atoms. The van der Waals surface area contributed by atoms with E-state index in [1.807, 2.05) is 18.2 Å². The van der Waals surface area contributed by atoms with Crippen LogP contribution in [0.15, 0.2) is 24.3 Å². The minimum atomic E-state index is 0.0999. The van der Waals surface area contributed by atoms with Crippen LogP contribution >= 0.6 is 0 Å². The van der Waals surface area contributed by atoms with Crippen LogP contribution in [-0.4, -0.2) is 11.1 Å². The molecule has 0 aliphatic heterocycles.